The molecule has 0 amide bonds. The van der Waals surface area contributed by atoms with Crippen molar-refractivity contribution in [2.45, 2.75) is 6.92 Å². The molecule has 1 aromatic heterocycles. The van der Waals surface area contributed by atoms with Gasteiger partial charge in [-0.25, -0.2) is 9.98 Å². The lowest BCUT2D eigenvalue weighted by Crippen LogP contribution is -2.12. The number of benzene rings is 2. The number of nitrogens with two attached hydrogens (primary N) is 1. The van der Waals surface area contributed by atoms with E-state index in [0.29, 0.717) is 5.84 Å². The van der Waals surface area contributed by atoms with Crippen LogP contribution < -0.4 is 5.73 Å². The molecule has 2 aromatic carbocycles. The van der Waals surface area contributed by atoms with E-state index in [4.69, 9.17) is 17.3 Å². The van der Waals surface area contributed by atoms with E-state index in [0.717, 1.165) is 27.3 Å². The Bertz CT molecular complexity index is 790. The van der Waals surface area contributed by atoms with Crippen molar-refractivity contribution in [1.29, 1.82) is 0 Å². The summed E-state index contributed by atoms with van der Waals surface area (Å²) in [6.07, 6.45) is 0. The van der Waals surface area contributed by atoms with Crippen LogP contribution in [0.5, 0.6) is 0 Å². The standard InChI is InChI=1S/C16H14ClN3S/c1-10-8-11(6-7-12(10)19-15(18)9-17)16-20-13-4-2-3-5-14(13)21-16/h2-8H,9H2,1H3,(H2,18,19). The summed E-state index contributed by atoms with van der Waals surface area (Å²) in [6, 6.07) is 14.2. The number of para-hydroxylation sites is 1. The Hall–Kier alpha value is -1.91. The van der Waals surface area contributed by atoms with Crippen molar-refractivity contribution in [3.8, 4) is 10.6 Å². The summed E-state index contributed by atoms with van der Waals surface area (Å²) in [7, 11) is 0. The number of amidine groups is 1. The molecular weight excluding hydrogens is 302 g/mol. The summed E-state index contributed by atoms with van der Waals surface area (Å²) in [6.45, 7) is 2.01. The van der Waals surface area contributed by atoms with E-state index < -0.39 is 0 Å². The van der Waals surface area contributed by atoms with Crippen LogP contribution in [0.15, 0.2) is 47.5 Å². The molecule has 21 heavy (non-hydrogen) atoms. The van der Waals surface area contributed by atoms with Crippen molar-refractivity contribution in [3.05, 3.63) is 48.0 Å². The van der Waals surface area contributed by atoms with Gasteiger partial charge in [-0.05, 0) is 42.8 Å². The monoisotopic (exact) mass is 315 g/mol. The summed E-state index contributed by atoms with van der Waals surface area (Å²) in [4.78, 5) is 8.97. The van der Waals surface area contributed by atoms with Crippen LogP contribution in [0.4, 0.5) is 5.69 Å². The first kappa shape index (κ1) is 14.0. The molecule has 0 saturated carbocycles. The van der Waals surface area contributed by atoms with Crippen LogP contribution in [0, 0.1) is 6.92 Å². The minimum absolute atomic E-state index is 0.235. The molecule has 1 heterocycles. The zero-order chi connectivity index (χ0) is 14.8. The Labute approximate surface area is 132 Å². The first-order chi connectivity index (χ1) is 10.2. The van der Waals surface area contributed by atoms with Crippen LogP contribution >= 0.6 is 22.9 Å². The summed E-state index contributed by atoms with van der Waals surface area (Å²) in [5.74, 6) is 0.659. The van der Waals surface area contributed by atoms with E-state index in [9.17, 15) is 0 Å². The van der Waals surface area contributed by atoms with Crippen LogP contribution in [0.2, 0.25) is 0 Å². The zero-order valence-corrected chi connectivity index (χ0v) is 13.1. The average Bonchev–Trinajstić information content (AvgIpc) is 2.93. The second-order valence-corrected chi connectivity index (χ2v) is 6.02. The van der Waals surface area contributed by atoms with Crippen molar-refractivity contribution in [2.24, 2.45) is 10.7 Å². The van der Waals surface area contributed by atoms with E-state index in [1.165, 1.54) is 4.70 Å². The maximum atomic E-state index is 5.68. The van der Waals surface area contributed by atoms with E-state index >= 15 is 0 Å². The highest BCUT2D eigenvalue weighted by molar-refractivity contribution is 7.21. The molecule has 0 aliphatic rings. The third kappa shape index (κ3) is 2.91. The van der Waals surface area contributed by atoms with E-state index in [1.807, 2.05) is 37.3 Å². The molecule has 0 radical (unpaired) electrons. The van der Waals surface area contributed by atoms with Gasteiger partial charge in [0.2, 0.25) is 0 Å². The number of aryl methyl sites for hydroxylation is 1. The highest BCUT2D eigenvalue weighted by Crippen LogP contribution is 2.32. The number of alkyl halides is 1. The fraction of sp³-hybridized carbons (Fsp3) is 0.125. The zero-order valence-electron chi connectivity index (χ0n) is 11.5. The second kappa shape index (κ2) is 5.84. The highest BCUT2D eigenvalue weighted by atomic mass is 35.5. The Morgan fingerprint density at radius 1 is 1.29 bits per heavy atom. The minimum Gasteiger partial charge on any atom is -0.386 e. The van der Waals surface area contributed by atoms with Gasteiger partial charge in [0.05, 0.1) is 21.8 Å². The molecule has 0 atom stereocenters. The molecule has 5 heteroatoms. The number of hydrogen-bond acceptors (Lipinski definition) is 3. The molecule has 0 bridgehead atoms. The topological polar surface area (TPSA) is 51.3 Å². The fourth-order valence-corrected chi connectivity index (χ4v) is 3.12. The summed E-state index contributed by atoms with van der Waals surface area (Å²) in [5.41, 5.74) is 9.71. The number of nitrogens with zero attached hydrogens (tertiary/aromatic N) is 2. The molecule has 0 fully saturated rings. The first-order valence-electron chi connectivity index (χ1n) is 6.53. The van der Waals surface area contributed by atoms with Crippen molar-refractivity contribution in [1.82, 2.24) is 4.98 Å². The summed E-state index contributed by atoms with van der Waals surface area (Å²) < 4.78 is 1.19. The van der Waals surface area contributed by atoms with Gasteiger partial charge in [0.25, 0.3) is 0 Å². The number of fused-ring (bicyclic) bond motifs is 1. The second-order valence-electron chi connectivity index (χ2n) is 4.72. The van der Waals surface area contributed by atoms with Gasteiger partial charge in [-0.3, -0.25) is 0 Å². The predicted molar refractivity (Wildman–Crippen MR) is 91.8 cm³/mol. The SMILES string of the molecule is Cc1cc(-c2nc3ccccc3s2)ccc1N=C(N)CCl. The number of aromatic nitrogens is 1. The Kier molecular flexibility index (Phi) is 3.90. The lowest BCUT2D eigenvalue weighted by Gasteiger charge is -2.04. The summed E-state index contributed by atoms with van der Waals surface area (Å²) >= 11 is 7.35. The maximum absolute atomic E-state index is 5.68. The van der Waals surface area contributed by atoms with E-state index in [2.05, 4.69) is 22.1 Å². The Morgan fingerprint density at radius 3 is 2.81 bits per heavy atom. The third-order valence-electron chi connectivity index (χ3n) is 3.14. The fourth-order valence-electron chi connectivity index (χ4n) is 2.09. The normalized spacial score (nSPS) is 12.0. The lowest BCUT2D eigenvalue weighted by atomic mass is 10.1. The van der Waals surface area contributed by atoms with Gasteiger partial charge in [-0.1, -0.05) is 12.1 Å². The largest absolute Gasteiger partial charge is 0.386 e. The molecule has 106 valence electrons. The van der Waals surface area contributed by atoms with Crippen LogP contribution in [0.25, 0.3) is 20.8 Å². The Morgan fingerprint density at radius 2 is 2.10 bits per heavy atom. The number of halogens is 1. The average molecular weight is 316 g/mol. The quantitative estimate of drug-likeness (QED) is 0.439. The van der Waals surface area contributed by atoms with E-state index in [1.54, 1.807) is 11.3 Å². The molecular formula is C16H14ClN3S. The molecule has 0 aliphatic heterocycles. The minimum atomic E-state index is 0.235. The van der Waals surface area contributed by atoms with Gasteiger partial charge in [-0.15, -0.1) is 22.9 Å². The molecule has 0 aliphatic carbocycles. The molecule has 3 rings (SSSR count). The maximum Gasteiger partial charge on any atom is 0.124 e. The molecule has 0 spiro atoms. The molecule has 0 saturated heterocycles. The third-order valence-corrected chi connectivity index (χ3v) is 4.50. The van der Waals surface area contributed by atoms with Crippen LogP contribution in [-0.4, -0.2) is 16.7 Å². The van der Waals surface area contributed by atoms with Crippen LogP contribution in [0.3, 0.4) is 0 Å². The predicted octanol–water partition coefficient (Wildman–Crippen LogP) is 4.50. The number of thiazole rings is 1. The Balaban J connectivity index is 2.01. The summed E-state index contributed by atoms with van der Waals surface area (Å²) in [5, 5.41) is 1.01. The van der Waals surface area contributed by atoms with Crippen molar-refractivity contribution in [3.63, 3.8) is 0 Å². The van der Waals surface area contributed by atoms with E-state index in [-0.39, 0.29) is 5.88 Å². The molecule has 0 unspecified atom stereocenters. The van der Waals surface area contributed by atoms with Crippen LogP contribution in [0.1, 0.15) is 5.56 Å². The smallest absolute Gasteiger partial charge is 0.124 e. The highest BCUT2D eigenvalue weighted by Gasteiger charge is 2.07. The van der Waals surface area contributed by atoms with Gasteiger partial charge in [0.15, 0.2) is 0 Å². The van der Waals surface area contributed by atoms with Gasteiger partial charge < -0.3 is 5.73 Å². The van der Waals surface area contributed by atoms with Crippen molar-refractivity contribution in [2.75, 3.05) is 5.88 Å². The molecule has 3 nitrogen and oxygen atoms in total. The first-order valence-corrected chi connectivity index (χ1v) is 7.88. The van der Waals surface area contributed by atoms with Gasteiger partial charge >= 0.3 is 0 Å². The number of rotatable bonds is 3. The van der Waals surface area contributed by atoms with Gasteiger partial charge in [0, 0.05) is 5.56 Å². The number of hydrogen-bond donors (Lipinski definition) is 1. The van der Waals surface area contributed by atoms with Crippen LogP contribution in [-0.2, 0) is 0 Å². The van der Waals surface area contributed by atoms with Crippen molar-refractivity contribution >= 4 is 44.7 Å². The van der Waals surface area contributed by atoms with Gasteiger partial charge in [-0.2, -0.15) is 0 Å². The lowest BCUT2D eigenvalue weighted by molar-refractivity contribution is 1.36. The molecule has 3 aromatic rings. The van der Waals surface area contributed by atoms with Gasteiger partial charge in [0.1, 0.15) is 10.8 Å². The number of aliphatic imine (C=N–C) groups is 1. The molecule has 2 N–H and O–H groups in total. The van der Waals surface area contributed by atoms with Crippen molar-refractivity contribution < 1.29 is 0 Å².